The molecule has 3 N–H and O–H groups in total. The zero-order chi connectivity index (χ0) is 18.2. The van der Waals surface area contributed by atoms with E-state index in [2.05, 4.69) is 16.0 Å². The van der Waals surface area contributed by atoms with E-state index >= 15 is 0 Å². The summed E-state index contributed by atoms with van der Waals surface area (Å²) >= 11 is 0. The fourth-order valence-electron chi connectivity index (χ4n) is 2.77. The first-order valence-electron chi connectivity index (χ1n) is 8.47. The van der Waals surface area contributed by atoms with Crippen LogP contribution in [0.25, 0.3) is 0 Å². The number of carbonyl (C=O) groups is 3. The summed E-state index contributed by atoms with van der Waals surface area (Å²) in [6.07, 6.45) is 2.03. The lowest BCUT2D eigenvalue weighted by atomic mass is 10.1. The van der Waals surface area contributed by atoms with E-state index in [0.717, 1.165) is 24.9 Å². The molecule has 3 atom stereocenters. The maximum absolute atomic E-state index is 12.4. The SMILES string of the molecule is COC(=O)[C@H](Cc1ccccc1)NC(=O)[C@H](C)NC(=O)[C@@H]1CCCN1.Cl. The number of amides is 2. The molecule has 1 aromatic rings. The fraction of sp³-hybridized carbons (Fsp3) is 0.500. The smallest absolute Gasteiger partial charge is 0.328 e. The van der Waals surface area contributed by atoms with Gasteiger partial charge < -0.3 is 20.7 Å². The van der Waals surface area contributed by atoms with Crippen LogP contribution >= 0.6 is 12.4 Å². The Morgan fingerprint density at radius 3 is 2.50 bits per heavy atom. The number of carbonyl (C=O) groups excluding carboxylic acids is 3. The third-order valence-electron chi connectivity index (χ3n) is 4.21. The number of hydrogen-bond acceptors (Lipinski definition) is 5. The van der Waals surface area contributed by atoms with Crippen LogP contribution in [0.2, 0.25) is 0 Å². The van der Waals surface area contributed by atoms with Gasteiger partial charge in [0.15, 0.2) is 0 Å². The minimum absolute atomic E-state index is 0. The van der Waals surface area contributed by atoms with Gasteiger partial charge in [0.2, 0.25) is 11.8 Å². The molecular weight excluding hydrogens is 358 g/mol. The normalized spacial score (nSPS) is 18.2. The molecule has 0 unspecified atom stereocenters. The summed E-state index contributed by atoms with van der Waals surface area (Å²) in [6, 6.07) is 7.56. The molecule has 0 spiro atoms. The van der Waals surface area contributed by atoms with Crippen molar-refractivity contribution in [3.05, 3.63) is 35.9 Å². The Morgan fingerprint density at radius 2 is 1.92 bits per heavy atom. The molecule has 1 aromatic carbocycles. The van der Waals surface area contributed by atoms with Gasteiger partial charge in [0.05, 0.1) is 13.2 Å². The zero-order valence-corrected chi connectivity index (χ0v) is 15.8. The van der Waals surface area contributed by atoms with E-state index in [-0.39, 0.29) is 24.4 Å². The maximum atomic E-state index is 12.4. The molecule has 1 saturated heterocycles. The monoisotopic (exact) mass is 383 g/mol. The van der Waals surface area contributed by atoms with Gasteiger partial charge >= 0.3 is 5.97 Å². The van der Waals surface area contributed by atoms with E-state index in [1.807, 2.05) is 30.3 Å². The van der Waals surface area contributed by atoms with Crippen LogP contribution < -0.4 is 16.0 Å². The van der Waals surface area contributed by atoms with Crippen LogP contribution in [0.1, 0.15) is 25.3 Å². The predicted octanol–water partition coefficient (Wildman–Crippen LogP) is 0.565. The Hall–Kier alpha value is -2.12. The average molecular weight is 384 g/mol. The fourth-order valence-corrected chi connectivity index (χ4v) is 2.77. The summed E-state index contributed by atoms with van der Waals surface area (Å²) in [5.74, 6) is -1.14. The molecule has 0 radical (unpaired) electrons. The number of benzene rings is 1. The number of methoxy groups -OCH3 is 1. The summed E-state index contributed by atoms with van der Waals surface area (Å²) in [5.41, 5.74) is 0.907. The van der Waals surface area contributed by atoms with Gasteiger partial charge in [-0.2, -0.15) is 0 Å². The lowest BCUT2D eigenvalue weighted by Gasteiger charge is -2.21. The molecule has 2 amide bonds. The Morgan fingerprint density at radius 1 is 1.23 bits per heavy atom. The second kappa shape index (κ2) is 10.8. The first-order chi connectivity index (χ1) is 12.0. The molecule has 0 saturated carbocycles. The quantitative estimate of drug-likeness (QED) is 0.598. The van der Waals surface area contributed by atoms with Gasteiger partial charge in [-0.1, -0.05) is 30.3 Å². The predicted molar refractivity (Wildman–Crippen MR) is 100.0 cm³/mol. The molecule has 1 aliphatic rings. The number of ether oxygens (including phenoxy) is 1. The number of rotatable bonds is 7. The Kier molecular flexibility index (Phi) is 9.09. The van der Waals surface area contributed by atoms with Crippen molar-refractivity contribution in [2.45, 2.75) is 44.3 Å². The Balaban J connectivity index is 0.00000338. The van der Waals surface area contributed by atoms with E-state index in [1.165, 1.54) is 7.11 Å². The van der Waals surface area contributed by atoms with Gasteiger partial charge in [0.25, 0.3) is 0 Å². The molecule has 0 aromatic heterocycles. The minimum Gasteiger partial charge on any atom is -0.467 e. The summed E-state index contributed by atoms with van der Waals surface area (Å²) in [7, 11) is 1.28. The lowest BCUT2D eigenvalue weighted by Crippen LogP contribution is -2.53. The van der Waals surface area contributed by atoms with E-state index in [1.54, 1.807) is 6.92 Å². The minimum atomic E-state index is -0.802. The zero-order valence-electron chi connectivity index (χ0n) is 15.0. The van der Waals surface area contributed by atoms with Crippen LogP contribution in [0.3, 0.4) is 0 Å². The van der Waals surface area contributed by atoms with Gasteiger partial charge in [0.1, 0.15) is 12.1 Å². The molecule has 1 aliphatic heterocycles. The highest BCUT2D eigenvalue weighted by Gasteiger charge is 2.28. The number of hydrogen-bond donors (Lipinski definition) is 3. The van der Waals surface area contributed by atoms with E-state index in [0.29, 0.717) is 6.42 Å². The molecule has 26 heavy (non-hydrogen) atoms. The molecule has 1 heterocycles. The molecule has 144 valence electrons. The van der Waals surface area contributed by atoms with E-state index in [9.17, 15) is 14.4 Å². The Bertz CT molecular complexity index is 606. The summed E-state index contributed by atoms with van der Waals surface area (Å²) in [5, 5.41) is 8.43. The molecule has 8 heteroatoms. The van der Waals surface area contributed by atoms with Crippen LogP contribution in [0, 0.1) is 0 Å². The topological polar surface area (TPSA) is 96.5 Å². The van der Waals surface area contributed by atoms with Crippen molar-refractivity contribution in [3.8, 4) is 0 Å². The maximum Gasteiger partial charge on any atom is 0.328 e. The highest BCUT2D eigenvalue weighted by atomic mass is 35.5. The second-order valence-electron chi connectivity index (χ2n) is 6.15. The van der Waals surface area contributed by atoms with Crippen molar-refractivity contribution < 1.29 is 19.1 Å². The van der Waals surface area contributed by atoms with Crippen LogP contribution in [0.5, 0.6) is 0 Å². The molecule has 1 fully saturated rings. The van der Waals surface area contributed by atoms with E-state index in [4.69, 9.17) is 4.74 Å². The first kappa shape index (κ1) is 21.9. The lowest BCUT2D eigenvalue weighted by molar-refractivity contribution is -0.145. The van der Waals surface area contributed by atoms with Crippen molar-refractivity contribution in [3.63, 3.8) is 0 Å². The first-order valence-corrected chi connectivity index (χ1v) is 8.47. The summed E-state index contributed by atoms with van der Waals surface area (Å²) in [4.78, 5) is 36.4. The number of nitrogens with one attached hydrogen (secondary N) is 3. The highest BCUT2D eigenvalue weighted by Crippen LogP contribution is 2.06. The third-order valence-corrected chi connectivity index (χ3v) is 4.21. The largest absolute Gasteiger partial charge is 0.467 e. The van der Waals surface area contributed by atoms with Crippen LogP contribution in [-0.4, -0.2) is 49.6 Å². The number of halogens is 1. The van der Waals surface area contributed by atoms with Gasteiger partial charge in [-0.05, 0) is 31.9 Å². The van der Waals surface area contributed by atoms with Crippen LogP contribution in [0.4, 0.5) is 0 Å². The molecule has 7 nitrogen and oxygen atoms in total. The van der Waals surface area contributed by atoms with Gasteiger partial charge in [-0.15, -0.1) is 12.4 Å². The average Bonchev–Trinajstić information content (AvgIpc) is 3.16. The van der Waals surface area contributed by atoms with Crippen molar-refractivity contribution in [1.82, 2.24) is 16.0 Å². The van der Waals surface area contributed by atoms with Crippen LogP contribution in [0.15, 0.2) is 30.3 Å². The molecule has 0 aliphatic carbocycles. The van der Waals surface area contributed by atoms with E-state index < -0.39 is 24.0 Å². The van der Waals surface area contributed by atoms with Crippen molar-refractivity contribution in [2.24, 2.45) is 0 Å². The van der Waals surface area contributed by atoms with Gasteiger partial charge in [-0.3, -0.25) is 9.59 Å². The van der Waals surface area contributed by atoms with Gasteiger partial charge in [0, 0.05) is 6.42 Å². The van der Waals surface area contributed by atoms with Crippen molar-refractivity contribution >= 4 is 30.2 Å². The number of esters is 1. The standard InChI is InChI=1S/C18H25N3O4.ClH/c1-12(20-17(23)14-9-6-10-19-14)16(22)21-15(18(24)25-2)11-13-7-4-3-5-8-13;/h3-5,7-8,12,14-15,19H,6,9-11H2,1-2H3,(H,20,23)(H,21,22);1H/t12-,14-,15-;/m0./s1. The highest BCUT2D eigenvalue weighted by molar-refractivity contribution is 5.91. The summed E-state index contributed by atoms with van der Waals surface area (Å²) < 4.78 is 4.78. The molecule has 2 rings (SSSR count). The van der Waals surface area contributed by atoms with Gasteiger partial charge in [-0.25, -0.2) is 4.79 Å². The van der Waals surface area contributed by atoms with Crippen molar-refractivity contribution in [2.75, 3.05) is 13.7 Å². The summed E-state index contributed by atoms with van der Waals surface area (Å²) in [6.45, 7) is 2.40. The third kappa shape index (κ3) is 6.31. The second-order valence-corrected chi connectivity index (χ2v) is 6.15. The van der Waals surface area contributed by atoms with Crippen LogP contribution in [-0.2, 0) is 25.5 Å². The Labute approximate surface area is 159 Å². The van der Waals surface area contributed by atoms with Crippen molar-refractivity contribution in [1.29, 1.82) is 0 Å². The molecular formula is C18H26ClN3O4. The molecule has 0 bridgehead atoms.